The zero-order valence-electron chi connectivity index (χ0n) is 13.0. The highest BCUT2D eigenvalue weighted by Gasteiger charge is 2.14. The summed E-state index contributed by atoms with van der Waals surface area (Å²) >= 11 is 3.38. The molecule has 8 heteroatoms. The summed E-state index contributed by atoms with van der Waals surface area (Å²) in [5.41, 5.74) is 1.05. The van der Waals surface area contributed by atoms with Gasteiger partial charge in [-0.1, -0.05) is 15.9 Å². The van der Waals surface area contributed by atoms with E-state index < -0.39 is 10.8 Å². The average Bonchev–Trinajstić information content (AvgIpc) is 2.55. The Labute approximate surface area is 146 Å². The van der Waals surface area contributed by atoms with Gasteiger partial charge in [-0.15, -0.1) is 0 Å². The normalized spacial score (nSPS) is 10.1. The average molecular weight is 395 g/mol. The van der Waals surface area contributed by atoms with E-state index in [0.717, 1.165) is 10.0 Å². The fourth-order valence-corrected chi connectivity index (χ4v) is 2.20. The molecule has 0 heterocycles. The molecule has 0 aliphatic heterocycles. The molecule has 0 aliphatic rings. The first-order chi connectivity index (χ1) is 11.4. The van der Waals surface area contributed by atoms with Crippen LogP contribution in [-0.2, 0) is 4.79 Å². The smallest absolute Gasteiger partial charge is 0.271 e. The minimum Gasteiger partial charge on any atom is -0.495 e. The van der Waals surface area contributed by atoms with Crippen molar-refractivity contribution in [2.24, 2.45) is 0 Å². The number of nitrogens with one attached hydrogen (secondary N) is 1. The molecule has 24 heavy (non-hydrogen) atoms. The number of nitrogens with zero attached hydrogens (tertiary/aromatic N) is 1. The largest absolute Gasteiger partial charge is 0.495 e. The third kappa shape index (κ3) is 4.45. The molecule has 1 amide bonds. The van der Waals surface area contributed by atoms with Crippen molar-refractivity contribution in [2.75, 3.05) is 19.0 Å². The van der Waals surface area contributed by atoms with Crippen LogP contribution in [0.5, 0.6) is 11.5 Å². The summed E-state index contributed by atoms with van der Waals surface area (Å²) in [5, 5.41) is 13.4. The predicted octanol–water partition coefficient (Wildman–Crippen LogP) is 3.69. The summed E-state index contributed by atoms with van der Waals surface area (Å²) < 4.78 is 11.5. The number of non-ortho nitro benzene ring substituents is 1. The molecule has 0 aliphatic carbocycles. The molecule has 0 fully saturated rings. The van der Waals surface area contributed by atoms with Crippen LogP contribution in [0.1, 0.15) is 5.56 Å². The second-order valence-corrected chi connectivity index (χ2v) is 5.74. The number of methoxy groups -OCH3 is 1. The van der Waals surface area contributed by atoms with Crippen molar-refractivity contribution < 1.29 is 19.2 Å². The lowest BCUT2D eigenvalue weighted by molar-refractivity contribution is -0.384. The number of nitro benzene ring substituents is 1. The van der Waals surface area contributed by atoms with E-state index in [4.69, 9.17) is 9.47 Å². The van der Waals surface area contributed by atoms with Crippen LogP contribution < -0.4 is 14.8 Å². The Balaban J connectivity index is 2.04. The summed E-state index contributed by atoms with van der Waals surface area (Å²) in [4.78, 5) is 22.3. The van der Waals surface area contributed by atoms with Crippen LogP contribution in [0.4, 0.5) is 11.4 Å². The number of amides is 1. The molecule has 2 aromatic carbocycles. The number of carbonyl (C=O) groups is 1. The second kappa shape index (κ2) is 7.78. The summed E-state index contributed by atoms with van der Waals surface area (Å²) in [6.45, 7) is 1.68. The summed E-state index contributed by atoms with van der Waals surface area (Å²) in [7, 11) is 1.41. The van der Waals surface area contributed by atoms with E-state index in [1.165, 1.54) is 25.3 Å². The van der Waals surface area contributed by atoms with E-state index >= 15 is 0 Å². The van der Waals surface area contributed by atoms with E-state index in [9.17, 15) is 14.9 Å². The second-order valence-electron chi connectivity index (χ2n) is 4.89. The highest BCUT2D eigenvalue weighted by molar-refractivity contribution is 9.10. The summed E-state index contributed by atoms with van der Waals surface area (Å²) in [6, 6.07) is 9.32. The Morgan fingerprint density at radius 1 is 1.29 bits per heavy atom. The van der Waals surface area contributed by atoms with E-state index in [1.54, 1.807) is 12.1 Å². The standard InChI is InChI=1S/C16H15BrN2O5/c1-10-7-12(4-5-13(10)17)24-9-16(20)18-14-8-11(19(21)22)3-6-15(14)23-2/h3-8H,9H2,1-2H3,(H,18,20). The van der Waals surface area contributed by atoms with E-state index in [-0.39, 0.29) is 18.0 Å². The molecule has 0 atom stereocenters. The van der Waals surface area contributed by atoms with Crippen LogP contribution in [0.15, 0.2) is 40.9 Å². The Morgan fingerprint density at radius 2 is 2.04 bits per heavy atom. The number of hydrogen-bond donors (Lipinski definition) is 1. The molecule has 0 aromatic heterocycles. The molecular weight excluding hydrogens is 380 g/mol. The van der Waals surface area contributed by atoms with Crippen LogP contribution in [0.3, 0.4) is 0 Å². The molecule has 126 valence electrons. The molecule has 0 unspecified atom stereocenters. The number of benzene rings is 2. The van der Waals surface area contributed by atoms with Gasteiger partial charge in [-0.25, -0.2) is 0 Å². The zero-order valence-corrected chi connectivity index (χ0v) is 14.6. The number of halogens is 1. The van der Waals surface area contributed by atoms with Gasteiger partial charge in [0, 0.05) is 16.6 Å². The Morgan fingerprint density at radius 3 is 2.67 bits per heavy atom. The molecular formula is C16H15BrN2O5. The van der Waals surface area contributed by atoms with Crippen molar-refractivity contribution in [1.29, 1.82) is 0 Å². The van der Waals surface area contributed by atoms with Crippen LogP contribution in [0, 0.1) is 17.0 Å². The third-order valence-electron chi connectivity index (χ3n) is 3.17. The number of rotatable bonds is 6. The van der Waals surface area contributed by atoms with Gasteiger partial charge in [-0.2, -0.15) is 0 Å². The molecule has 0 saturated heterocycles. The van der Waals surface area contributed by atoms with Gasteiger partial charge in [-0.3, -0.25) is 14.9 Å². The maximum Gasteiger partial charge on any atom is 0.271 e. The van der Waals surface area contributed by atoms with Gasteiger partial charge in [-0.05, 0) is 36.8 Å². The van der Waals surface area contributed by atoms with Crippen molar-refractivity contribution in [2.45, 2.75) is 6.92 Å². The number of aryl methyl sites for hydroxylation is 1. The van der Waals surface area contributed by atoms with Gasteiger partial charge in [0.2, 0.25) is 0 Å². The predicted molar refractivity (Wildman–Crippen MR) is 92.7 cm³/mol. The zero-order chi connectivity index (χ0) is 17.7. The number of nitro groups is 1. The fourth-order valence-electron chi connectivity index (χ4n) is 1.95. The van der Waals surface area contributed by atoms with Gasteiger partial charge in [0.15, 0.2) is 6.61 Å². The third-order valence-corrected chi connectivity index (χ3v) is 4.06. The lowest BCUT2D eigenvalue weighted by Gasteiger charge is -2.11. The highest BCUT2D eigenvalue weighted by atomic mass is 79.9. The Hall–Kier alpha value is -2.61. The van der Waals surface area contributed by atoms with E-state index in [2.05, 4.69) is 21.2 Å². The molecule has 1 N–H and O–H groups in total. The van der Waals surface area contributed by atoms with Crippen LogP contribution in [-0.4, -0.2) is 24.5 Å². The van der Waals surface area contributed by atoms with Crippen molar-refractivity contribution in [3.63, 3.8) is 0 Å². The quantitative estimate of drug-likeness (QED) is 0.595. The van der Waals surface area contributed by atoms with E-state index in [1.807, 2.05) is 13.0 Å². The molecule has 0 radical (unpaired) electrons. The van der Waals surface area contributed by atoms with Crippen molar-refractivity contribution >= 4 is 33.2 Å². The molecule has 0 bridgehead atoms. The minimum absolute atomic E-state index is 0.143. The maximum absolute atomic E-state index is 12.0. The van der Waals surface area contributed by atoms with Gasteiger partial charge < -0.3 is 14.8 Å². The van der Waals surface area contributed by atoms with Crippen LogP contribution >= 0.6 is 15.9 Å². The van der Waals surface area contributed by atoms with Crippen molar-refractivity contribution in [1.82, 2.24) is 0 Å². The molecule has 0 spiro atoms. The fraction of sp³-hybridized carbons (Fsp3) is 0.188. The lowest BCUT2D eigenvalue weighted by atomic mass is 10.2. The van der Waals surface area contributed by atoms with Gasteiger partial charge >= 0.3 is 0 Å². The number of carbonyl (C=O) groups excluding carboxylic acids is 1. The van der Waals surface area contributed by atoms with E-state index in [0.29, 0.717) is 11.5 Å². The Kier molecular flexibility index (Phi) is 5.75. The van der Waals surface area contributed by atoms with Crippen molar-refractivity contribution in [3.8, 4) is 11.5 Å². The van der Waals surface area contributed by atoms with Crippen LogP contribution in [0.2, 0.25) is 0 Å². The number of ether oxygens (including phenoxy) is 2. The van der Waals surface area contributed by atoms with Crippen LogP contribution in [0.25, 0.3) is 0 Å². The monoisotopic (exact) mass is 394 g/mol. The first-order valence-corrected chi connectivity index (χ1v) is 7.71. The van der Waals surface area contributed by atoms with Gasteiger partial charge in [0.25, 0.3) is 11.6 Å². The maximum atomic E-state index is 12.0. The summed E-state index contributed by atoms with van der Waals surface area (Å²) in [5.74, 6) is 0.430. The molecule has 7 nitrogen and oxygen atoms in total. The number of hydrogen-bond acceptors (Lipinski definition) is 5. The lowest BCUT2D eigenvalue weighted by Crippen LogP contribution is -2.20. The SMILES string of the molecule is COc1ccc([N+](=O)[O-])cc1NC(=O)COc1ccc(Br)c(C)c1. The first kappa shape index (κ1) is 17.7. The molecule has 0 saturated carbocycles. The molecule has 2 aromatic rings. The summed E-state index contributed by atoms with van der Waals surface area (Å²) in [6.07, 6.45) is 0. The van der Waals surface area contributed by atoms with Crippen molar-refractivity contribution in [3.05, 3.63) is 56.5 Å². The highest BCUT2D eigenvalue weighted by Crippen LogP contribution is 2.29. The Bertz CT molecular complexity index is 779. The van der Waals surface area contributed by atoms with Gasteiger partial charge in [0.1, 0.15) is 11.5 Å². The first-order valence-electron chi connectivity index (χ1n) is 6.92. The molecule has 2 rings (SSSR count). The minimum atomic E-state index is -0.545. The topological polar surface area (TPSA) is 90.7 Å². The number of anilines is 1. The van der Waals surface area contributed by atoms with Gasteiger partial charge in [0.05, 0.1) is 17.7 Å².